The van der Waals surface area contributed by atoms with E-state index in [1.54, 1.807) is 10.7 Å². The molecule has 27 heavy (non-hydrogen) atoms. The van der Waals surface area contributed by atoms with Crippen molar-refractivity contribution in [3.05, 3.63) is 75.0 Å². The Morgan fingerprint density at radius 2 is 1.70 bits per heavy atom. The first-order valence-corrected chi connectivity index (χ1v) is 10.1. The predicted octanol–water partition coefficient (Wildman–Crippen LogP) is 5.52. The van der Waals surface area contributed by atoms with Crippen molar-refractivity contribution in [2.75, 3.05) is 0 Å². The maximum Gasteiger partial charge on any atom is 0.183 e. The highest BCUT2D eigenvalue weighted by Gasteiger charge is 2.13. The molecule has 2 aromatic heterocycles. The molecule has 9 heteroatoms. The first kappa shape index (κ1) is 18.5. The van der Waals surface area contributed by atoms with Crippen LogP contribution >= 0.6 is 46.6 Å². The Hall–Kier alpha value is -1.86. The van der Waals surface area contributed by atoms with E-state index in [4.69, 9.17) is 34.8 Å². The van der Waals surface area contributed by atoms with Gasteiger partial charge in [0.1, 0.15) is 11.4 Å². The van der Waals surface area contributed by atoms with Gasteiger partial charge in [-0.3, -0.25) is 0 Å². The van der Waals surface area contributed by atoms with Gasteiger partial charge in [-0.25, -0.2) is 14.6 Å². The average Bonchev–Trinajstić information content (AvgIpc) is 3.06. The molecule has 2 heterocycles. The Balaban J connectivity index is 1.57. The molecule has 0 atom stereocenters. The zero-order valence-corrected chi connectivity index (χ0v) is 16.9. The molecule has 4 aromatic rings. The minimum atomic E-state index is 0.553. The van der Waals surface area contributed by atoms with E-state index in [0.717, 1.165) is 16.2 Å². The van der Waals surface area contributed by atoms with Crippen LogP contribution in [0, 0.1) is 0 Å². The van der Waals surface area contributed by atoms with Crippen LogP contribution in [0.2, 0.25) is 15.1 Å². The summed E-state index contributed by atoms with van der Waals surface area (Å²) in [5, 5.41) is 11.2. The van der Waals surface area contributed by atoms with Gasteiger partial charge in [-0.05, 0) is 35.4 Å². The maximum absolute atomic E-state index is 6.25. The summed E-state index contributed by atoms with van der Waals surface area (Å²) >= 11 is 19.7. The van der Waals surface area contributed by atoms with Gasteiger partial charge >= 0.3 is 0 Å². The fraction of sp³-hybridized carbons (Fsp3) is 0.111. The van der Waals surface area contributed by atoms with Crippen molar-refractivity contribution in [2.45, 2.75) is 17.3 Å². The second kappa shape index (κ2) is 8.02. The van der Waals surface area contributed by atoms with E-state index in [1.165, 1.54) is 18.1 Å². The van der Waals surface area contributed by atoms with Gasteiger partial charge in [-0.15, -0.1) is 5.10 Å². The van der Waals surface area contributed by atoms with Crippen LogP contribution in [0.25, 0.3) is 11.2 Å². The number of hydrogen-bond donors (Lipinski definition) is 0. The molecule has 0 bridgehead atoms. The second-order valence-corrected chi connectivity index (χ2v) is 7.99. The standard InChI is InChI=1S/C18H12Cl3N5S/c19-13-4-1-11(2-5-13)8-26-17-16(24-25-26)18(23-10-22-17)27-9-12-3-6-14(20)7-15(12)21/h1-7,10H,8-9H2. The van der Waals surface area contributed by atoms with Crippen LogP contribution in [0.1, 0.15) is 11.1 Å². The Morgan fingerprint density at radius 3 is 2.48 bits per heavy atom. The van der Waals surface area contributed by atoms with Crippen LogP contribution in [-0.4, -0.2) is 25.0 Å². The molecule has 0 aliphatic carbocycles. The van der Waals surface area contributed by atoms with Crippen LogP contribution in [-0.2, 0) is 12.3 Å². The van der Waals surface area contributed by atoms with Crippen molar-refractivity contribution >= 4 is 57.7 Å². The minimum absolute atomic E-state index is 0.553. The molecule has 0 N–H and O–H groups in total. The minimum Gasteiger partial charge on any atom is -0.227 e. The average molecular weight is 437 g/mol. The lowest BCUT2D eigenvalue weighted by molar-refractivity contribution is 0.664. The zero-order chi connectivity index (χ0) is 18.8. The molecule has 0 fully saturated rings. The van der Waals surface area contributed by atoms with Crippen molar-refractivity contribution in [3.63, 3.8) is 0 Å². The smallest absolute Gasteiger partial charge is 0.183 e. The molecule has 0 unspecified atom stereocenters. The number of nitrogens with zero attached hydrogens (tertiary/aromatic N) is 5. The number of aromatic nitrogens is 5. The van der Waals surface area contributed by atoms with Gasteiger partial charge in [-0.2, -0.15) is 0 Å². The molecule has 0 aliphatic heterocycles. The molecule has 0 saturated heterocycles. The van der Waals surface area contributed by atoms with Crippen molar-refractivity contribution in [1.82, 2.24) is 25.0 Å². The van der Waals surface area contributed by atoms with Gasteiger partial charge in [0.2, 0.25) is 0 Å². The molecule has 0 aliphatic rings. The molecule has 0 saturated carbocycles. The number of hydrogen-bond acceptors (Lipinski definition) is 5. The van der Waals surface area contributed by atoms with E-state index in [9.17, 15) is 0 Å². The number of rotatable bonds is 5. The van der Waals surface area contributed by atoms with Crippen LogP contribution in [0.3, 0.4) is 0 Å². The lowest BCUT2D eigenvalue weighted by Gasteiger charge is -2.05. The Bertz CT molecular complexity index is 1100. The van der Waals surface area contributed by atoms with Gasteiger partial charge in [-0.1, -0.05) is 70.0 Å². The molecule has 2 aromatic carbocycles. The predicted molar refractivity (Wildman–Crippen MR) is 110 cm³/mol. The fourth-order valence-electron chi connectivity index (χ4n) is 2.53. The number of benzene rings is 2. The van der Waals surface area contributed by atoms with Crippen molar-refractivity contribution < 1.29 is 0 Å². The summed E-state index contributed by atoms with van der Waals surface area (Å²) < 4.78 is 1.75. The van der Waals surface area contributed by atoms with Gasteiger partial charge < -0.3 is 0 Å². The van der Waals surface area contributed by atoms with E-state index in [1.807, 2.05) is 36.4 Å². The summed E-state index contributed by atoms with van der Waals surface area (Å²) in [5.41, 5.74) is 3.39. The quantitative estimate of drug-likeness (QED) is 0.304. The van der Waals surface area contributed by atoms with Gasteiger partial charge in [0.25, 0.3) is 0 Å². The zero-order valence-electron chi connectivity index (χ0n) is 13.8. The highest BCUT2D eigenvalue weighted by Crippen LogP contribution is 2.30. The lowest BCUT2D eigenvalue weighted by Crippen LogP contribution is -2.03. The Labute approximate surface area is 174 Å². The summed E-state index contributed by atoms with van der Waals surface area (Å²) in [6.07, 6.45) is 1.52. The largest absolute Gasteiger partial charge is 0.227 e. The third kappa shape index (κ3) is 4.19. The second-order valence-electron chi connectivity index (χ2n) is 5.75. The van der Waals surface area contributed by atoms with Gasteiger partial charge in [0, 0.05) is 20.8 Å². The van der Waals surface area contributed by atoms with Crippen molar-refractivity contribution in [2.24, 2.45) is 0 Å². The molecular formula is C18H12Cl3N5S. The Kier molecular flexibility index (Phi) is 5.50. The SMILES string of the molecule is Clc1ccc(Cn2nnc3c(SCc4ccc(Cl)cc4Cl)ncnc32)cc1. The van der Waals surface area contributed by atoms with Gasteiger partial charge in [0.05, 0.1) is 6.54 Å². The summed E-state index contributed by atoms with van der Waals surface area (Å²) in [6, 6.07) is 13.1. The van der Waals surface area contributed by atoms with E-state index in [-0.39, 0.29) is 0 Å². The first-order chi connectivity index (χ1) is 13.1. The summed E-state index contributed by atoms with van der Waals surface area (Å²) in [4.78, 5) is 8.69. The van der Waals surface area contributed by atoms with Crippen LogP contribution < -0.4 is 0 Å². The van der Waals surface area contributed by atoms with E-state index >= 15 is 0 Å². The molecule has 136 valence electrons. The van der Waals surface area contributed by atoms with Crippen LogP contribution in [0.5, 0.6) is 0 Å². The highest BCUT2D eigenvalue weighted by molar-refractivity contribution is 7.98. The number of fused-ring (bicyclic) bond motifs is 1. The molecule has 5 nitrogen and oxygen atoms in total. The summed E-state index contributed by atoms with van der Waals surface area (Å²) in [5.74, 6) is 0.645. The third-order valence-corrected chi connectivity index (χ3v) is 5.76. The van der Waals surface area contributed by atoms with E-state index < -0.39 is 0 Å². The topological polar surface area (TPSA) is 56.5 Å². The number of halogens is 3. The van der Waals surface area contributed by atoms with Crippen LogP contribution in [0.4, 0.5) is 0 Å². The number of thioether (sulfide) groups is 1. The normalized spacial score (nSPS) is 11.2. The monoisotopic (exact) mass is 435 g/mol. The van der Waals surface area contributed by atoms with Gasteiger partial charge in [0.15, 0.2) is 11.2 Å². The summed E-state index contributed by atoms with van der Waals surface area (Å²) in [7, 11) is 0. The van der Waals surface area contributed by atoms with E-state index in [2.05, 4.69) is 20.3 Å². The van der Waals surface area contributed by atoms with E-state index in [0.29, 0.717) is 38.5 Å². The first-order valence-electron chi connectivity index (χ1n) is 7.95. The molecule has 0 radical (unpaired) electrons. The van der Waals surface area contributed by atoms with Crippen LogP contribution in [0.15, 0.2) is 53.8 Å². The fourth-order valence-corrected chi connectivity index (χ4v) is 4.15. The third-order valence-electron chi connectivity index (χ3n) is 3.89. The molecular weight excluding hydrogens is 425 g/mol. The van der Waals surface area contributed by atoms with Crippen molar-refractivity contribution in [1.29, 1.82) is 0 Å². The molecule has 4 rings (SSSR count). The highest BCUT2D eigenvalue weighted by atomic mass is 35.5. The Morgan fingerprint density at radius 1 is 0.926 bits per heavy atom. The maximum atomic E-state index is 6.25. The lowest BCUT2D eigenvalue weighted by atomic mass is 10.2. The van der Waals surface area contributed by atoms with Crippen molar-refractivity contribution in [3.8, 4) is 0 Å². The molecule has 0 amide bonds. The molecule has 0 spiro atoms. The summed E-state index contributed by atoms with van der Waals surface area (Å²) in [6.45, 7) is 0.553.